The Hall–Kier alpha value is -1.43. The minimum Gasteiger partial charge on any atom is -0.465 e. The molecule has 0 aromatic carbocycles. The van der Waals surface area contributed by atoms with Gasteiger partial charge in [-0.05, 0) is 94.8 Å². The summed E-state index contributed by atoms with van der Waals surface area (Å²) >= 11 is 0. The molecule has 0 spiro atoms. The third kappa shape index (κ3) is 6.47. The first-order chi connectivity index (χ1) is 16.5. The fourth-order valence-corrected chi connectivity index (χ4v) is 6.83. The predicted molar refractivity (Wildman–Crippen MR) is 140 cm³/mol. The summed E-state index contributed by atoms with van der Waals surface area (Å²) in [7, 11) is 0. The standard InChI is InChI=1S/C30H48O5/c1-6-16-35-28(34)29(3,4)27(33)14-9-20(2)25-12-13-26-22(8-7-15-30(25,26)5)11-10-21-17-23(31)19-24(32)18-21/h9-11,14,20,23-27,31-33H,6-8,12-13,15-19H2,1-5H3/b14-9+,22-11+/t20-,23-,24-,25-,26+,27-,30-/m1/s1. The maximum Gasteiger partial charge on any atom is 0.314 e. The number of aliphatic hydroxyl groups is 3. The quantitative estimate of drug-likeness (QED) is 0.310. The van der Waals surface area contributed by atoms with E-state index in [4.69, 9.17) is 4.74 Å². The van der Waals surface area contributed by atoms with Gasteiger partial charge in [-0.2, -0.15) is 0 Å². The van der Waals surface area contributed by atoms with E-state index in [-0.39, 0.29) is 11.4 Å². The molecular formula is C30H48O5. The average Bonchev–Trinajstić information content (AvgIpc) is 3.16. The largest absolute Gasteiger partial charge is 0.465 e. The number of rotatable bonds is 8. The van der Waals surface area contributed by atoms with Crippen molar-refractivity contribution in [1.82, 2.24) is 0 Å². The second kappa shape index (κ2) is 11.7. The minimum absolute atomic E-state index is 0.221. The van der Waals surface area contributed by atoms with E-state index < -0.39 is 23.7 Å². The Bertz CT molecular complexity index is 813. The zero-order valence-corrected chi connectivity index (χ0v) is 22.5. The fourth-order valence-electron chi connectivity index (χ4n) is 6.83. The Morgan fingerprint density at radius 2 is 1.86 bits per heavy atom. The highest BCUT2D eigenvalue weighted by Crippen LogP contribution is 2.59. The smallest absolute Gasteiger partial charge is 0.314 e. The maximum absolute atomic E-state index is 12.4. The van der Waals surface area contributed by atoms with Gasteiger partial charge in [-0.3, -0.25) is 4.79 Å². The summed E-state index contributed by atoms with van der Waals surface area (Å²) in [5.41, 5.74) is 1.91. The second-order valence-corrected chi connectivity index (χ2v) is 12.2. The highest BCUT2D eigenvalue weighted by Gasteiger charge is 2.50. The lowest BCUT2D eigenvalue weighted by Crippen LogP contribution is -2.38. The first kappa shape index (κ1) is 28.1. The van der Waals surface area contributed by atoms with Crippen LogP contribution in [0.15, 0.2) is 35.5 Å². The molecular weight excluding hydrogens is 440 g/mol. The van der Waals surface area contributed by atoms with Gasteiger partial charge >= 0.3 is 5.97 Å². The molecule has 0 aromatic heterocycles. The third-order valence-corrected chi connectivity index (χ3v) is 9.05. The number of hydrogen-bond acceptors (Lipinski definition) is 5. The number of carbonyl (C=O) groups excluding carboxylic acids is 1. The van der Waals surface area contributed by atoms with E-state index in [1.807, 2.05) is 6.92 Å². The molecule has 0 heterocycles. The van der Waals surface area contributed by atoms with Crippen molar-refractivity contribution < 1.29 is 24.9 Å². The lowest BCUT2D eigenvalue weighted by atomic mass is 9.61. The van der Waals surface area contributed by atoms with Gasteiger partial charge in [-0.1, -0.05) is 56.2 Å². The molecule has 5 heteroatoms. The van der Waals surface area contributed by atoms with Gasteiger partial charge < -0.3 is 20.1 Å². The Morgan fingerprint density at radius 3 is 2.51 bits per heavy atom. The molecule has 0 aromatic rings. The number of allylic oxidation sites excluding steroid dienone is 4. The molecule has 3 aliphatic carbocycles. The van der Waals surface area contributed by atoms with Gasteiger partial charge in [0, 0.05) is 0 Å². The SMILES string of the molecule is CCCOC(=O)C(C)(C)[C@H](O)/C=C/[C@@H](C)[C@H]1CC[C@H]2/C(=C/C=C3C[C@@H](O)C[C@H](O)C3)CCC[C@]12C. The highest BCUT2D eigenvalue weighted by molar-refractivity contribution is 5.77. The molecule has 3 aliphatic rings. The zero-order valence-electron chi connectivity index (χ0n) is 22.5. The van der Waals surface area contributed by atoms with E-state index in [1.165, 1.54) is 24.8 Å². The summed E-state index contributed by atoms with van der Waals surface area (Å²) in [6.45, 7) is 10.5. The van der Waals surface area contributed by atoms with E-state index in [1.54, 1.807) is 19.9 Å². The summed E-state index contributed by atoms with van der Waals surface area (Å²) in [6, 6.07) is 0. The van der Waals surface area contributed by atoms with Crippen LogP contribution >= 0.6 is 0 Å². The Kier molecular flexibility index (Phi) is 9.45. The summed E-state index contributed by atoms with van der Waals surface area (Å²) in [4.78, 5) is 12.4. The monoisotopic (exact) mass is 488 g/mol. The summed E-state index contributed by atoms with van der Waals surface area (Å²) in [5.74, 6) is 1.04. The number of hydrogen-bond donors (Lipinski definition) is 3. The number of ether oxygens (including phenoxy) is 1. The van der Waals surface area contributed by atoms with Crippen molar-refractivity contribution in [3.63, 3.8) is 0 Å². The first-order valence-corrected chi connectivity index (χ1v) is 13.8. The van der Waals surface area contributed by atoms with E-state index in [2.05, 4.69) is 32.1 Å². The van der Waals surface area contributed by atoms with E-state index in [0.717, 1.165) is 24.8 Å². The summed E-state index contributed by atoms with van der Waals surface area (Å²) in [6.07, 6.45) is 15.1. The van der Waals surface area contributed by atoms with Gasteiger partial charge in [0.1, 0.15) is 0 Å². The molecule has 3 N–H and O–H groups in total. The topological polar surface area (TPSA) is 87.0 Å². The van der Waals surface area contributed by atoms with Crippen LogP contribution in [0.1, 0.15) is 92.4 Å². The van der Waals surface area contributed by atoms with E-state index in [9.17, 15) is 20.1 Å². The van der Waals surface area contributed by atoms with E-state index >= 15 is 0 Å². The van der Waals surface area contributed by atoms with Crippen molar-refractivity contribution in [3.05, 3.63) is 35.5 Å². The van der Waals surface area contributed by atoms with Crippen LogP contribution in [-0.4, -0.2) is 46.2 Å². The lowest BCUT2D eigenvalue weighted by Gasteiger charge is -2.44. The van der Waals surface area contributed by atoms with Gasteiger partial charge in [-0.25, -0.2) is 0 Å². The molecule has 0 aliphatic heterocycles. The van der Waals surface area contributed by atoms with Gasteiger partial charge in [0.2, 0.25) is 0 Å². The van der Waals surface area contributed by atoms with Gasteiger partial charge in [0.05, 0.1) is 30.3 Å². The molecule has 0 unspecified atom stereocenters. The Morgan fingerprint density at radius 1 is 1.17 bits per heavy atom. The Labute approximate surface area is 212 Å². The molecule has 0 amide bonds. The van der Waals surface area contributed by atoms with Crippen molar-refractivity contribution in [2.24, 2.45) is 28.6 Å². The van der Waals surface area contributed by atoms with E-state index in [0.29, 0.717) is 43.6 Å². The molecule has 3 saturated carbocycles. The Balaban J connectivity index is 1.68. The molecule has 5 nitrogen and oxygen atoms in total. The molecule has 0 radical (unpaired) electrons. The van der Waals surface area contributed by atoms with Crippen LogP contribution in [0.5, 0.6) is 0 Å². The van der Waals surface area contributed by atoms with Gasteiger partial charge in [-0.15, -0.1) is 0 Å². The number of carbonyl (C=O) groups is 1. The molecule has 3 rings (SSSR count). The van der Waals surface area contributed by atoms with Crippen LogP contribution in [0.3, 0.4) is 0 Å². The van der Waals surface area contributed by atoms with Crippen LogP contribution in [-0.2, 0) is 9.53 Å². The minimum atomic E-state index is -0.970. The van der Waals surface area contributed by atoms with Crippen LogP contribution in [0.4, 0.5) is 0 Å². The summed E-state index contributed by atoms with van der Waals surface area (Å²) in [5, 5.41) is 30.8. The number of esters is 1. The number of aliphatic hydroxyl groups excluding tert-OH is 3. The third-order valence-electron chi connectivity index (χ3n) is 9.05. The lowest BCUT2D eigenvalue weighted by molar-refractivity contribution is -0.158. The molecule has 0 saturated heterocycles. The predicted octanol–water partition coefficient (Wildman–Crippen LogP) is 5.49. The fraction of sp³-hybridized carbons (Fsp3) is 0.767. The second-order valence-electron chi connectivity index (χ2n) is 12.2. The van der Waals surface area contributed by atoms with Crippen LogP contribution in [0.25, 0.3) is 0 Å². The normalized spacial score (nSPS) is 34.6. The molecule has 3 fully saturated rings. The maximum atomic E-state index is 12.4. The van der Waals surface area contributed by atoms with Gasteiger partial charge in [0.25, 0.3) is 0 Å². The average molecular weight is 489 g/mol. The summed E-state index contributed by atoms with van der Waals surface area (Å²) < 4.78 is 5.29. The number of fused-ring (bicyclic) bond motifs is 1. The van der Waals surface area contributed by atoms with Crippen molar-refractivity contribution >= 4 is 5.97 Å². The van der Waals surface area contributed by atoms with Crippen molar-refractivity contribution in [1.29, 1.82) is 0 Å². The van der Waals surface area contributed by atoms with Crippen molar-refractivity contribution in [2.75, 3.05) is 6.61 Å². The van der Waals surface area contributed by atoms with Crippen LogP contribution in [0, 0.1) is 28.6 Å². The molecule has 198 valence electrons. The van der Waals surface area contributed by atoms with Crippen LogP contribution in [0.2, 0.25) is 0 Å². The highest BCUT2D eigenvalue weighted by atomic mass is 16.5. The molecule has 0 bridgehead atoms. The van der Waals surface area contributed by atoms with Crippen molar-refractivity contribution in [3.8, 4) is 0 Å². The zero-order chi connectivity index (χ0) is 25.8. The first-order valence-electron chi connectivity index (χ1n) is 13.8. The molecule has 35 heavy (non-hydrogen) atoms. The van der Waals surface area contributed by atoms with Crippen LogP contribution < -0.4 is 0 Å². The molecule has 7 atom stereocenters. The van der Waals surface area contributed by atoms with Gasteiger partial charge in [0.15, 0.2) is 0 Å². The van der Waals surface area contributed by atoms with Crippen molar-refractivity contribution in [2.45, 2.75) is 111 Å².